The summed E-state index contributed by atoms with van der Waals surface area (Å²) in [7, 11) is 0. The molecule has 1 atom stereocenters. The molecule has 1 rings (SSSR count). The maximum absolute atomic E-state index is 11.0. The van der Waals surface area contributed by atoms with Crippen LogP contribution < -0.4 is 0 Å². The van der Waals surface area contributed by atoms with Crippen LogP contribution in [0.4, 0.5) is 0 Å². The molecule has 0 aromatic carbocycles. The van der Waals surface area contributed by atoms with Gasteiger partial charge in [-0.15, -0.1) is 0 Å². The number of nitrogens with zero attached hydrogens (tertiary/aromatic N) is 1. The van der Waals surface area contributed by atoms with Crippen molar-refractivity contribution in [3.05, 3.63) is 12.2 Å². The minimum Gasteiger partial charge on any atom is -0.448 e. The summed E-state index contributed by atoms with van der Waals surface area (Å²) in [6, 6.07) is 0. The quantitative estimate of drug-likeness (QED) is 0.283. The number of esters is 1. The van der Waals surface area contributed by atoms with Gasteiger partial charge in [-0.1, -0.05) is 6.58 Å². The lowest BCUT2D eigenvalue weighted by Gasteiger charge is -2.08. The molecule has 0 bridgehead atoms. The number of imide groups is 1. The molecule has 1 aliphatic heterocycles. The maximum Gasteiger partial charge on any atom is 0.333 e. The topological polar surface area (TPSA) is 83.9 Å². The normalized spacial score (nSPS) is 21.3. The highest BCUT2D eigenvalue weighted by Crippen LogP contribution is 2.14. The molecule has 0 radical (unpaired) electrons. The summed E-state index contributed by atoms with van der Waals surface area (Å²) >= 11 is 0. The molecule has 0 spiro atoms. The van der Waals surface area contributed by atoms with Crippen LogP contribution >= 0.6 is 0 Å². The summed E-state index contributed by atoms with van der Waals surface area (Å²) in [5.41, 5.74) is 0.127. The fourth-order valence-electron chi connectivity index (χ4n) is 0.914. The van der Waals surface area contributed by atoms with Gasteiger partial charge >= 0.3 is 5.97 Å². The van der Waals surface area contributed by atoms with Crippen LogP contribution in [-0.4, -0.2) is 34.2 Å². The molecule has 14 heavy (non-hydrogen) atoms. The Balaban J connectivity index is 2.65. The van der Waals surface area contributed by atoms with Crippen molar-refractivity contribution in [2.75, 3.05) is 0 Å². The second kappa shape index (κ2) is 3.59. The highest BCUT2D eigenvalue weighted by atomic mass is 16.6. The summed E-state index contributed by atoms with van der Waals surface area (Å²) < 4.78 is 4.62. The predicted molar refractivity (Wildman–Crippen MR) is 43.0 cm³/mol. The van der Waals surface area contributed by atoms with E-state index in [1.807, 2.05) is 0 Å². The van der Waals surface area contributed by atoms with E-state index in [1.165, 1.54) is 6.92 Å². The van der Waals surface area contributed by atoms with Crippen LogP contribution in [0.2, 0.25) is 0 Å². The van der Waals surface area contributed by atoms with E-state index in [9.17, 15) is 14.4 Å². The first-order chi connectivity index (χ1) is 6.43. The van der Waals surface area contributed by atoms with E-state index in [0.717, 1.165) is 0 Å². The van der Waals surface area contributed by atoms with Gasteiger partial charge in [0.15, 0.2) is 6.10 Å². The molecule has 0 aliphatic carbocycles. The van der Waals surface area contributed by atoms with Crippen molar-refractivity contribution < 1.29 is 24.3 Å². The van der Waals surface area contributed by atoms with Crippen molar-refractivity contribution in [3.63, 3.8) is 0 Å². The average Bonchev–Trinajstić information content (AvgIpc) is 2.33. The highest BCUT2D eigenvalue weighted by Gasteiger charge is 2.40. The van der Waals surface area contributed by atoms with Crippen LogP contribution in [-0.2, 0) is 19.1 Å². The van der Waals surface area contributed by atoms with E-state index < -0.39 is 23.9 Å². The largest absolute Gasteiger partial charge is 0.448 e. The zero-order valence-corrected chi connectivity index (χ0v) is 7.52. The third-order valence-electron chi connectivity index (χ3n) is 1.68. The van der Waals surface area contributed by atoms with E-state index in [4.69, 9.17) is 5.21 Å². The number of carbonyl (C=O) groups excluding carboxylic acids is 3. The third-order valence-corrected chi connectivity index (χ3v) is 1.68. The van der Waals surface area contributed by atoms with Crippen molar-refractivity contribution in [1.29, 1.82) is 0 Å². The fourth-order valence-corrected chi connectivity index (χ4v) is 0.914. The first kappa shape index (κ1) is 10.4. The number of carbonyl (C=O) groups is 3. The van der Waals surface area contributed by atoms with E-state index in [1.54, 1.807) is 0 Å². The zero-order valence-electron chi connectivity index (χ0n) is 7.52. The van der Waals surface area contributed by atoms with Crippen LogP contribution in [0.1, 0.15) is 13.3 Å². The fraction of sp³-hybridized carbons (Fsp3) is 0.375. The van der Waals surface area contributed by atoms with E-state index in [0.29, 0.717) is 0 Å². The minimum absolute atomic E-state index is 0.0453. The molecule has 1 unspecified atom stereocenters. The second-order valence-electron chi connectivity index (χ2n) is 2.92. The van der Waals surface area contributed by atoms with Crippen molar-refractivity contribution >= 4 is 17.8 Å². The molecule has 1 fully saturated rings. The second-order valence-corrected chi connectivity index (χ2v) is 2.92. The number of hydroxylamine groups is 2. The highest BCUT2D eigenvalue weighted by molar-refractivity contribution is 6.04. The predicted octanol–water partition coefficient (Wildman–Crippen LogP) is -0.378. The molecule has 1 N–H and O–H groups in total. The van der Waals surface area contributed by atoms with Crippen LogP contribution in [0, 0.1) is 0 Å². The lowest BCUT2D eigenvalue weighted by Crippen LogP contribution is -2.31. The van der Waals surface area contributed by atoms with Crippen molar-refractivity contribution in [3.8, 4) is 0 Å². The van der Waals surface area contributed by atoms with Crippen LogP contribution in [0.15, 0.2) is 12.2 Å². The monoisotopic (exact) mass is 199 g/mol. The first-order valence-electron chi connectivity index (χ1n) is 3.85. The molecule has 6 heteroatoms. The van der Waals surface area contributed by atoms with Crippen LogP contribution in [0.3, 0.4) is 0 Å². The SMILES string of the molecule is C=C(C)C(=O)OC1CC(=O)N(O)C1=O. The number of hydrogen-bond donors (Lipinski definition) is 1. The molecule has 0 aromatic heterocycles. The average molecular weight is 199 g/mol. The number of ether oxygens (including phenoxy) is 1. The molecule has 1 aliphatic rings. The van der Waals surface area contributed by atoms with Gasteiger partial charge in [0.25, 0.3) is 11.8 Å². The standard InChI is InChI=1S/C8H9NO5/c1-4(2)8(12)14-5-3-6(10)9(13)7(5)11/h5,13H,1,3H2,2H3. The molecule has 76 valence electrons. The Hall–Kier alpha value is -1.69. The van der Waals surface area contributed by atoms with Gasteiger partial charge < -0.3 is 4.74 Å². The molecule has 1 heterocycles. The van der Waals surface area contributed by atoms with Gasteiger partial charge in [0.05, 0.1) is 6.42 Å². The first-order valence-corrected chi connectivity index (χ1v) is 3.85. The van der Waals surface area contributed by atoms with Gasteiger partial charge in [0.1, 0.15) is 0 Å². The number of rotatable bonds is 2. The maximum atomic E-state index is 11.0. The molecular formula is C8H9NO5. The number of amides is 2. The summed E-state index contributed by atoms with van der Waals surface area (Å²) in [6.07, 6.45) is -1.55. The molecule has 0 aromatic rings. The Bertz CT molecular complexity index is 322. The summed E-state index contributed by atoms with van der Waals surface area (Å²) in [5.74, 6) is -2.47. The zero-order chi connectivity index (χ0) is 10.9. The molecule has 2 amide bonds. The van der Waals surface area contributed by atoms with Crippen molar-refractivity contribution in [1.82, 2.24) is 5.06 Å². The van der Waals surface area contributed by atoms with Gasteiger partial charge in [-0.3, -0.25) is 14.8 Å². The van der Waals surface area contributed by atoms with E-state index in [2.05, 4.69) is 11.3 Å². The molecule has 0 saturated carbocycles. The van der Waals surface area contributed by atoms with Gasteiger partial charge in [-0.05, 0) is 6.92 Å². The smallest absolute Gasteiger partial charge is 0.333 e. The Morgan fingerprint density at radius 1 is 1.64 bits per heavy atom. The Labute approximate surface area is 79.7 Å². The Morgan fingerprint density at radius 3 is 2.57 bits per heavy atom. The van der Waals surface area contributed by atoms with Gasteiger partial charge in [-0.25, -0.2) is 4.79 Å². The van der Waals surface area contributed by atoms with Crippen molar-refractivity contribution in [2.45, 2.75) is 19.4 Å². The van der Waals surface area contributed by atoms with Crippen LogP contribution in [0.5, 0.6) is 0 Å². The summed E-state index contributed by atoms with van der Waals surface area (Å²) in [4.78, 5) is 32.8. The lowest BCUT2D eigenvalue weighted by atomic mass is 10.3. The van der Waals surface area contributed by atoms with Gasteiger partial charge in [0.2, 0.25) is 0 Å². The van der Waals surface area contributed by atoms with Gasteiger partial charge in [0, 0.05) is 5.57 Å². The number of hydrogen-bond acceptors (Lipinski definition) is 5. The van der Waals surface area contributed by atoms with Gasteiger partial charge in [-0.2, -0.15) is 5.06 Å². The van der Waals surface area contributed by atoms with Crippen LogP contribution in [0.25, 0.3) is 0 Å². The minimum atomic E-state index is -1.23. The Kier molecular flexibility index (Phi) is 2.66. The lowest BCUT2D eigenvalue weighted by molar-refractivity contribution is -0.176. The third kappa shape index (κ3) is 1.80. The van der Waals surface area contributed by atoms with E-state index in [-0.39, 0.29) is 17.1 Å². The molecular weight excluding hydrogens is 190 g/mol. The van der Waals surface area contributed by atoms with E-state index >= 15 is 0 Å². The summed E-state index contributed by atoms with van der Waals surface area (Å²) in [5, 5.41) is 8.76. The molecule has 6 nitrogen and oxygen atoms in total. The van der Waals surface area contributed by atoms with Crippen molar-refractivity contribution in [2.24, 2.45) is 0 Å². The summed E-state index contributed by atoms with van der Waals surface area (Å²) in [6.45, 7) is 4.73. The molecule has 1 saturated heterocycles. The Morgan fingerprint density at radius 2 is 2.21 bits per heavy atom.